The predicted molar refractivity (Wildman–Crippen MR) is 112 cm³/mol. The van der Waals surface area contributed by atoms with Crippen molar-refractivity contribution >= 4 is 17.3 Å². The Labute approximate surface area is 166 Å². The highest BCUT2D eigenvalue weighted by Gasteiger charge is 2.04. The third kappa shape index (κ3) is 7.56. The van der Waals surface area contributed by atoms with Crippen molar-refractivity contribution in [2.45, 2.75) is 40.3 Å². The van der Waals surface area contributed by atoms with Crippen molar-refractivity contribution in [3.8, 4) is 5.75 Å². The molecule has 0 amide bonds. The van der Waals surface area contributed by atoms with Crippen LogP contribution >= 0.6 is 11.3 Å². The normalized spacial score (nSPS) is 11.5. The number of aryl methyl sites for hydroxylation is 2. The van der Waals surface area contributed by atoms with Gasteiger partial charge in [0, 0.05) is 24.6 Å². The first-order valence-electron chi connectivity index (χ1n) is 9.28. The zero-order chi connectivity index (χ0) is 19.5. The maximum atomic E-state index is 5.73. The number of guanidine groups is 1. The first-order chi connectivity index (χ1) is 13.1. The van der Waals surface area contributed by atoms with Crippen LogP contribution in [0.15, 0.2) is 29.3 Å². The molecular formula is C20H30N4O2S. The second-order valence-corrected chi connectivity index (χ2v) is 7.41. The quantitative estimate of drug-likeness (QED) is 0.370. The van der Waals surface area contributed by atoms with E-state index in [1.807, 2.05) is 31.2 Å². The third-order valence-electron chi connectivity index (χ3n) is 3.98. The van der Waals surface area contributed by atoms with Crippen molar-refractivity contribution in [2.75, 3.05) is 26.8 Å². The Kier molecular flexibility index (Phi) is 9.07. The molecule has 2 N–H and O–H groups in total. The number of ether oxygens (including phenoxy) is 2. The van der Waals surface area contributed by atoms with Crippen molar-refractivity contribution in [3.05, 3.63) is 45.4 Å². The standard InChI is InChI=1S/C20H30N4O2S/c1-5-21-20(23-13-19-24-15(2)16(3)27-19)22-11-6-12-26-14-17-7-9-18(25-4)10-8-17/h7-10H,5-6,11-14H2,1-4H3,(H2,21,22,23). The van der Waals surface area contributed by atoms with E-state index >= 15 is 0 Å². The Balaban J connectivity index is 1.66. The zero-order valence-corrected chi connectivity index (χ0v) is 17.5. The third-order valence-corrected chi connectivity index (χ3v) is 5.03. The molecule has 0 saturated heterocycles. The molecule has 6 nitrogen and oxygen atoms in total. The highest BCUT2D eigenvalue weighted by molar-refractivity contribution is 7.11. The summed E-state index contributed by atoms with van der Waals surface area (Å²) in [6, 6.07) is 7.94. The van der Waals surface area contributed by atoms with Crippen molar-refractivity contribution in [2.24, 2.45) is 4.99 Å². The summed E-state index contributed by atoms with van der Waals surface area (Å²) in [5.74, 6) is 1.68. The molecule has 1 aromatic heterocycles. The van der Waals surface area contributed by atoms with Crippen molar-refractivity contribution in [1.29, 1.82) is 0 Å². The number of nitrogens with one attached hydrogen (secondary N) is 2. The summed E-state index contributed by atoms with van der Waals surface area (Å²) in [5.41, 5.74) is 2.24. The molecule has 0 aliphatic carbocycles. The van der Waals surface area contributed by atoms with Gasteiger partial charge in [-0.1, -0.05) is 12.1 Å². The second kappa shape index (κ2) is 11.6. The molecule has 0 spiro atoms. The minimum atomic E-state index is 0.600. The molecule has 0 fully saturated rings. The van der Waals surface area contributed by atoms with Crippen LogP contribution in [0.25, 0.3) is 0 Å². The smallest absolute Gasteiger partial charge is 0.191 e. The summed E-state index contributed by atoms with van der Waals surface area (Å²) in [6.45, 7) is 9.74. The van der Waals surface area contributed by atoms with E-state index in [9.17, 15) is 0 Å². The Morgan fingerprint density at radius 3 is 2.59 bits per heavy atom. The van der Waals surface area contributed by atoms with E-state index in [4.69, 9.17) is 9.47 Å². The Bertz CT molecular complexity index is 694. The van der Waals surface area contributed by atoms with Gasteiger partial charge in [0.1, 0.15) is 10.8 Å². The van der Waals surface area contributed by atoms with Crippen LogP contribution in [0.3, 0.4) is 0 Å². The van der Waals surface area contributed by atoms with Gasteiger partial charge in [-0.15, -0.1) is 11.3 Å². The van der Waals surface area contributed by atoms with Gasteiger partial charge in [0.25, 0.3) is 0 Å². The van der Waals surface area contributed by atoms with Crippen LogP contribution in [-0.4, -0.2) is 37.7 Å². The first kappa shape index (κ1) is 21.2. The minimum Gasteiger partial charge on any atom is -0.497 e. The molecule has 7 heteroatoms. The maximum Gasteiger partial charge on any atom is 0.191 e. The van der Waals surface area contributed by atoms with E-state index in [-0.39, 0.29) is 0 Å². The Morgan fingerprint density at radius 1 is 1.19 bits per heavy atom. The van der Waals surface area contributed by atoms with Crippen LogP contribution in [0.4, 0.5) is 0 Å². The van der Waals surface area contributed by atoms with Crippen LogP contribution in [-0.2, 0) is 17.9 Å². The minimum absolute atomic E-state index is 0.600. The highest BCUT2D eigenvalue weighted by Crippen LogP contribution is 2.17. The Hall–Kier alpha value is -2.12. The van der Waals surface area contributed by atoms with Gasteiger partial charge in [0.15, 0.2) is 5.96 Å². The number of aliphatic imine (C=N–C) groups is 1. The lowest BCUT2D eigenvalue weighted by Gasteiger charge is -2.11. The SMILES string of the molecule is CCNC(=NCc1nc(C)c(C)s1)NCCCOCc1ccc(OC)cc1. The molecule has 0 bridgehead atoms. The maximum absolute atomic E-state index is 5.73. The molecule has 0 radical (unpaired) electrons. The molecule has 0 atom stereocenters. The summed E-state index contributed by atoms with van der Waals surface area (Å²) in [7, 11) is 1.67. The van der Waals surface area contributed by atoms with Gasteiger partial charge in [0.2, 0.25) is 0 Å². The Morgan fingerprint density at radius 2 is 1.96 bits per heavy atom. The lowest BCUT2D eigenvalue weighted by Crippen LogP contribution is -2.38. The number of benzene rings is 1. The fourth-order valence-electron chi connectivity index (χ4n) is 2.39. The average molecular weight is 391 g/mol. The van der Waals surface area contributed by atoms with Gasteiger partial charge in [-0.25, -0.2) is 9.98 Å². The molecule has 1 heterocycles. The van der Waals surface area contributed by atoms with E-state index < -0.39 is 0 Å². The summed E-state index contributed by atoms with van der Waals surface area (Å²) >= 11 is 1.71. The van der Waals surface area contributed by atoms with Gasteiger partial charge in [0.05, 0.1) is 26.0 Å². The first-order valence-corrected chi connectivity index (χ1v) is 10.1. The van der Waals surface area contributed by atoms with E-state index in [2.05, 4.69) is 34.5 Å². The van der Waals surface area contributed by atoms with E-state index in [0.29, 0.717) is 19.8 Å². The summed E-state index contributed by atoms with van der Waals surface area (Å²) in [6.07, 6.45) is 0.913. The second-order valence-electron chi connectivity index (χ2n) is 6.13. The van der Waals surface area contributed by atoms with Gasteiger partial charge >= 0.3 is 0 Å². The van der Waals surface area contributed by atoms with Crippen LogP contribution < -0.4 is 15.4 Å². The molecule has 0 unspecified atom stereocenters. The number of thiazole rings is 1. The zero-order valence-electron chi connectivity index (χ0n) is 16.7. The van der Waals surface area contributed by atoms with Crippen LogP contribution in [0, 0.1) is 13.8 Å². The van der Waals surface area contributed by atoms with Gasteiger partial charge in [-0.05, 0) is 44.9 Å². The number of methoxy groups -OCH3 is 1. The van der Waals surface area contributed by atoms with Gasteiger partial charge in [-0.2, -0.15) is 0 Å². The van der Waals surface area contributed by atoms with Crippen LogP contribution in [0.5, 0.6) is 5.75 Å². The monoisotopic (exact) mass is 390 g/mol. The number of hydrogen-bond donors (Lipinski definition) is 2. The molecule has 2 aromatic rings. The molecule has 0 aliphatic rings. The van der Waals surface area contributed by atoms with E-state index in [1.54, 1.807) is 18.4 Å². The van der Waals surface area contributed by atoms with Crippen LogP contribution in [0.2, 0.25) is 0 Å². The highest BCUT2D eigenvalue weighted by atomic mass is 32.1. The summed E-state index contributed by atoms with van der Waals surface area (Å²) in [4.78, 5) is 10.4. The summed E-state index contributed by atoms with van der Waals surface area (Å²) < 4.78 is 10.9. The number of nitrogens with zero attached hydrogens (tertiary/aromatic N) is 2. The molecule has 0 saturated carbocycles. The summed E-state index contributed by atoms with van der Waals surface area (Å²) in [5, 5.41) is 7.66. The number of hydrogen-bond acceptors (Lipinski definition) is 5. The van der Waals surface area contributed by atoms with Crippen molar-refractivity contribution < 1.29 is 9.47 Å². The molecule has 1 aromatic carbocycles. The molecule has 27 heavy (non-hydrogen) atoms. The number of rotatable bonds is 10. The molecule has 0 aliphatic heterocycles. The number of aromatic nitrogens is 1. The fourth-order valence-corrected chi connectivity index (χ4v) is 3.25. The van der Waals surface area contributed by atoms with E-state index in [0.717, 1.165) is 47.5 Å². The predicted octanol–water partition coefficient (Wildman–Crippen LogP) is 3.43. The lowest BCUT2D eigenvalue weighted by molar-refractivity contribution is 0.119. The van der Waals surface area contributed by atoms with E-state index in [1.165, 1.54) is 4.88 Å². The van der Waals surface area contributed by atoms with Gasteiger partial charge in [-0.3, -0.25) is 0 Å². The average Bonchev–Trinajstić information content (AvgIpc) is 3.00. The molecule has 2 rings (SSSR count). The van der Waals surface area contributed by atoms with Gasteiger partial charge < -0.3 is 20.1 Å². The van der Waals surface area contributed by atoms with Crippen molar-refractivity contribution in [1.82, 2.24) is 15.6 Å². The fraction of sp³-hybridized carbons (Fsp3) is 0.500. The van der Waals surface area contributed by atoms with Crippen molar-refractivity contribution in [3.63, 3.8) is 0 Å². The van der Waals surface area contributed by atoms with Crippen LogP contribution in [0.1, 0.15) is 34.5 Å². The molecular weight excluding hydrogens is 360 g/mol. The molecule has 148 valence electrons. The largest absolute Gasteiger partial charge is 0.497 e. The topological polar surface area (TPSA) is 67.8 Å². The lowest BCUT2D eigenvalue weighted by atomic mass is 10.2.